The summed E-state index contributed by atoms with van der Waals surface area (Å²) in [6, 6.07) is 7.95. The number of ether oxygens (including phenoxy) is 1. The molecule has 2 fully saturated rings. The Morgan fingerprint density at radius 1 is 1.22 bits per heavy atom. The van der Waals surface area contributed by atoms with E-state index in [1.165, 1.54) is 18.5 Å². The van der Waals surface area contributed by atoms with Crippen LogP contribution in [-0.2, 0) is 14.3 Å². The SMILES string of the molecule is CC[C@H](C)OC(=O)CN1C(=O)S/C(=C/c2ccc(N3CCCC3)cc2)C1=O. The highest BCUT2D eigenvalue weighted by atomic mass is 32.2. The predicted molar refractivity (Wildman–Crippen MR) is 106 cm³/mol. The number of hydrogen-bond donors (Lipinski definition) is 0. The van der Waals surface area contributed by atoms with E-state index in [1.54, 1.807) is 13.0 Å². The van der Waals surface area contributed by atoms with Gasteiger partial charge in [0.2, 0.25) is 0 Å². The van der Waals surface area contributed by atoms with Gasteiger partial charge in [-0.15, -0.1) is 0 Å². The normalized spacial score (nSPS) is 19.9. The van der Waals surface area contributed by atoms with Crippen molar-refractivity contribution in [3.05, 3.63) is 34.7 Å². The molecule has 2 heterocycles. The lowest BCUT2D eigenvalue weighted by Gasteiger charge is -2.17. The highest BCUT2D eigenvalue weighted by molar-refractivity contribution is 8.18. The van der Waals surface area contributed by atoms with E-state index in [0.29, 0.717) is 11.3 Å². The molecule has 0 spiro atoms. The van der Waals surface area contributed by atoms with Gasteiger partial charge >= 0.3 is 5.97 Å². The molecule has 0 unspecified atom stereocenters. The van der Waals surface area contributed by atoms with Gasteiger partial charge in [0.25, 0.3) is 11.1 Å². The van der Waals surface area contributed by atoms with Crippen molar-refractivity contribution >= 4 is 40.6 Å². The Morgan fingerprint density at radius 2 is 1.89 bits per heavy atom. The molecule has 2 saturated heterocycles. The highest BCUT2D eigenvalue weighted by Gasteiger charge is 2.36. The van der Waals surface area contributed by atoms with E-state index in [4.69, 9.17) is 4.74 Å². The van der Waals surface area contributed by atoms with Crippen molar-refractivity contribution in [3.63, 3.8) is 0 Å². The first-order chi connectivity index (χ1) is 13.0. The van der Waals surface area contributed by atoms with Crippen LogP contribution in [0.5, 0.6) is 0 Å². The number of benzene rings is 1. The second-order valence-electron chi connectivity index (χ2n) is 6.76. The van der Waals surface area contributed by atoms with Crippen molar-refractivity contribution in [1.29, 1.82) is 0 Å². The number of carbonyl (C=O) groups excluding carboxylic acids is 3. The monoisotopic (exact) mass is 388 g/mol. The zero-order valence-corrected chi connectivity index (χ0v) is 16.5. The molecule has 2 aliphatic rings. The predicted octanol–water partition coefficient (Wildman–Crippen LogP) is 3.66. The van der Waals surface area contributed by atoms with Crippen LogP contribution in [0.3, 0.4) is 0 Å². The number of anilines is 1. The summed E-state index contributed by atoms with van der Waals surface area (Å²) in [5, 5.41) is -0.443. The summed E-state index contributed by atoms with van der Waals surface area (Å²) in [7, 11) is 0. The lowest BCUT2D eigenvalue weighted by molar-refractivity contribution is -0.150. The fourth-order valence-electron chi connectivity index (χ4n) is 3.02. The molecule has 2 aliphatic heterocycles. The van der Waals surface area contributed by atoms with Gasteiger partial charge in [0.05, 0.1) is 11.0 Å². The first-order valence-corrected chi connectivity index (χ1v) is 10.1. The van der Waals surface area contributed by atoms with Crippen molar-refractivity contribution in [2.24, 2.45) is 0 Å². The van der Waals surface area contributed by atoms with Crippen LogP contribution in [0.4, 0.5) is 10.5 Å². The average Bonchev–Trinajstić information content (AvgIpc) is 3.27. The fraction of sp³-hybridized carbons (Fsp3) is 0.450. The lowest BCUT2D eigenvalue weighted by Crippen LogP contribution is -2.35. The topological polar surface area (TPSA) is 66.9 Å². The molecule has 1 aromatic carbocycles. The molecule has 1 aromatic rings. The molecule has 6 nitrogen and oxygen atoms in total. The van der Waals surface area contributed by atoms with Crippen LogP contribution in [-0.4, -0.2) is 47.8 Å². The van der Waals surface area contributed by atoms with Gasteiger partial charge in [0.15, 0.2) is 0 Å². The number of thioether (sulfide) groups is 1. The largest absolute Gasteiger partial charge is 0.461 e. The molecule has 0 aromatic heterocycles. The second-order valence-corrected chi connectivity index (χ2v) is 7.76. The molecule has 0 N–H and O–H groups in total. The second kappa shape index (κ2) is 8.61. The number of amides is 2. The van der Waals surface area contributed by atoms with Crippen LogP contribution in [0.2, 0.25) is 0 Å². The Morgan fingerprint density at radius 3 is 2.52 bits per heavy atom. The quantitative estimate of drug-likeness (QED) is 0.547. The summed E-state index contributed by atoms with van der Waals surface area (Å²) >= 11 is 0.853. The molecule has 0 bridgehead atoms. The minimum absolute atomic E-state index is 0.234. The average molecular weight is 388 g/mol. The molecular weight excluding hydrogens is 364 g/mol. The summed E-state index contributed by atoms with van der Waals surface area (Å²) in [5.41, 5.74) is 2.02. The van der Waals surface area contributed by atoms with E-state index < -0.39 is 17.1 Å². The van der Waals surface area contributed by atoms with Crippen LogP contribution >= 0.6 is 11.8 Å². The maximum Gasteiger partial charge on any atom is 0.326 e. The molecule has 27 heavy (non-hydrogen) atoms. The molecule has 0 aliphatic carbocycles. The van der Waals surface area contributed by atoms with E-state index in [9.17, 15) is 14.4 Å². The van der Waals surface area contributed by atoms with Crippen LogP contribution in [0, 0.1) is 0 Å². The third-order valence-electron chi connectivity index (χ3n) is 4.73. The van der Waals surface area contributed by atoms with E-state index >= 15 is 0 Å². The van der Waals surface area contributed by atoms with Gasteiger partial charge in [-0.05, 0) is 61.7 Å². The zero-order chi connectivity index (χ0) is 19.4. The molecule has 1 atom stereocenters. The summed E-state index contributed by atoms with van der Waals surface area (Å²) in [6.07, 6.45) is 4.57. The molecular formula is C20H24N2O4S. The first-order valence-electron chi connectivity index (χ1n) is 9.27. The highest BCUT2D eigenvalue weighted by Crippen LogP contribution is 2.32. The Labute approximate surface area is 163 Å². The van der Waals surface area contributed by atoms with Gasteiger partial charge in [-0.1, -0.05) is 19.1 Å². The Hall–Kier alpha value is -2.28. The number of nitrogens with zero attached hydrogens (tertiary/aromatic N) is 2. The van der Waals surface area contributed by atoms with Crippen molar-refractivity contribution in [2.45, 2.75) is 39.2 Å². The van der Waals surface area contributed by atoms with E-state index in [0.717, 1.165) is 35.3 Å². The molecule has 3 rings (SSSR count). The van der Waals surface area contributed by atoms with E-state index in [2.05, 4.69) is 4.90 Å². The van der Waals surface area contributed by atoms with E-state index in [1.807, 2.05) is 31.2 Å². The fourth-order valence-corrected chi connectivity index (χ4v) is 3.86. The zero-order valence-electron chi connectivity index (χ0n) is 15.6. The summed E-state index contributed by atoms with van der Waals surface area (Å²) in [6.45, 7) is 5.48. The van der Waals surface area contributed by atoms with Crippen LogP contribution in [0.15, 0.2) is 29.2 Å². The molecule has 0 radical (unpaired) electrons. The number of rotatable bonds is 6. The summed E-state index contributed by atoms with van der Waals surface area (Å²) in [5.74, 6) is -1.02. The minimum atomic E-state index is -0.567. The minimum Gasteiger partial charge on any atom is -0.461 e. The standard InChI is InChI=1S/C20H24N2O4S/c1-3-14(2)26-18(23)13-22-19(24)17(27-20(22)25)12-15-6-8-16(9-7-15)21-10-4-5-11-21/h6-9,12,14H,3-5,10-11,13H2,1-2H3/b17-12+/t14-/m0/s1. The van der Waals surface area contributed by atoms with Gasteiger partial charge < -0.3 is 9.64 Å². The first kappa shape index (κ1) is 19.5. The maximum atomic E-state index is 12.5. The Bertz CT molecular complexity index is 754. The van der Waals surface area contributed by atoms with Crippen molar-refractivity contribution in [2.75, 3.05) is 24.5 Å². The number of carbonyl (C=O) groups is 3. The molecule has 7 heteroatoms. The van der Waals surface area contributed by atoms with Crippen LogP contribution in [0.25, 0.3) is 6.08 Å². The Kier molecular flexibility index (Phi) is 6.21. The molecule has 144 valence electrons. The molecule has 2 amide bonds. The Balaban J connectivity index is 1.65. The number of esters is 1. The number of hydrogen-bond acceptors (Lipinski definition) is 6. The van der Waals surface area contributed by atoms with Gasteiger partial charge in [-0.3, -0.25) is 19.3 Å². The van der Waals surface area contributed by atoms with E-state index in [-0.39, 0.29) is 12.6 Å². The third-order valence-corrected chi connectivity index (χ3v) is 5.64. The van der Waals surface area contributed by atoms with Crippen LogP contribution in [0.1, 0.15) is 38.7 Å². The molecule has 0 saturated carbocycles. The van der Waals surface area contributed by atoms with Crippen molar-refractivity contribution < 1.29 is 19.1 Å². The van der Waals surface area contributed by atoms with Crippen LogP contribution < -0.4 is 4.90 Å². The van der Waals surface area contributed by atoms with Gasteiger partial charge in [0, 0.05) is 18.8 Å². The van der Waals surface area contributed by atoms with Gasteiger partial charge in [-0.2, -0.15) is 0 Å². The summed E-state index contributed by atoms with van der Waals surface area (Å²) in [4.78, 5) is 40.1. The van der Waals surface area contributed by atoms with Gasteiger partial charge in [0.1, 0.15) is 6.54 Å². The third kappa shape index (κ3) is 4.71. The maximum absolute atomic E-state index is 12.5. The summed E-state index contributed by atoms with van der Waals surface area (Å²) < 4.78 is 5.16. The van der Waals surface area contributed by atoms with Crippen molar-refractivity contribution in [3.8, 4) is 0 Å². The van der Waals surface area contributed by atoms with Gasteiger partial charge in [-0.25, -0.2) is 0 Å². The number of imide groups is 1. The van der Waals surface area contributed by atoms with Crippen molar-refractivity contribution in [1.82, 2.24) is 4.90 Å². The smallest absolute Gasteiger partial charge is 0.326 e. The lowest BCUT2D eigenvalue weighted by atomic mass is 10.2.